The lowest BCUT2D eigenvalue weighted by molar-refractivity contribution is 0.219. The zero-order chi connectivity index (χ0) is 14.5. The molecule has 1 atom stereocenters. The quantitative estimate of drug-likeness (QED) is 0.831. The smallest absolute Gasteiger partial charge is 0.128 e. The Bertz CT molecular complexity index is 410. The molecular formula is C17H28N4. The molecule has 1 aliphatic heterocycles. The van der Waals surface area contributed by atoms with Crippen LogP contribution in [0.1, 0.15) is 26.2 Å². The summed E-state index contributed by atoms with van der Waals surface area (Å²) in [6, 6.07) is 6.89. The summed E-state index contributed by atoms with van der Waals surface area (Å²) in [5, 5.41) is 3.75. The molecule has 1 aromatic rings. The second kappa shape index (κ2) is 7.23. The maximum Gasteiger partial charge on any atom is 0.128 e. The number of pyridine rings is 1. The standard InChI is InChI=1S/C17H28N4/c1-2-8-18-16(15-6-7-15)14-20-10-12-21(13-11-20)17-5-3-4-9-19-17/h3-5,9,15-16,18H,2,6-8,10-14H2,1H3. The van der Waals surface area contributed by atoms with Gasteiger partial charge in [-0.2, -0.15) is 0 Å². The molecule has 21 heavy (non-hydrogen) atoms. The van der Waals surface area contributed by atoms with Crippen molar-refractivity contribution in [3.8, 4) is 0 Å². The Balaban J connectivity index is 1.46. The summed E-state index contributed by atoms with van der Waals surface area (Å²) < 4.78 is 0. The van der Waals surface area contributed by atoms with Gasteiger partial charge < -0.3 is 10.2 Å². The first-order chi connectivity index (χ1) is 10.4. The van der Waals surface area contributed by atoms with Crippen LogP contribution in [0.25, 0.3) is 0 Å². The van der Waals surface area contributed by atoms with Gasteiger partial charge in [0.05, 0.1) is 0 Å². The molecule has 1 saturated heterocycles. The fourth-order valence-electron chi connectivity index (χ4n) is 3.19. The molecule has 2 heterocycles. The van der Waals surface area contributed by atoms with E-state index in [0.29, 0.717) is 6.04 Å². The van der Waals surface area contributed by atoms with Crippen molar-refractivity contribution < 1.29 is 0 Å². The van der Waals surface area contributed by atoms with E-state index in [-0.39, 0.29) is 0 Å². The van der Waals surface area contributed by atoms with Crippen LogP contribution in [-0.4, -0.2) is 55.2 Å². The van der Waals surface area contributed by atoms with Crippen LogP contribution in [0, 0.1) is 5.92 Å². The average Bonchev–Trinajstić information content (AvgIpc) is 3.38. The van der Waals surface area contributed by atoms with Gasteiger partial charge in [-0.25, -0.2) is 4.98 Å². The lowest BCUT2D eigenvalue weighted by atomic mass is 10.1. The number of nitrogens with one attached hydrogen (secondary N) is 1. The molecule has 1 unspecified atom stereocenters. The molecular weight excluding hydrogens is 260 g/mol. The van der Waals surface area contributed by atoms with Crippen molar-refractivity contribution >= 4 is 5.82 Å². The number of aromatic nitrogens is 1. The van der Waals surface area contributed by atoms with E-state index in [1.54, 1.807) is 0 Å². The number of hydrogen-bond acceptors (Lipinski definition) is 4. The monoisotopic (exact) mass is 288 g/mol. The molecule has 4 heteroatoms. The first-order valence-electron chi connectivity index (χ1n) is 8.48. The summed E-state index contributed by atoms with van der Waals surface area (Å²) in [7, 11) is 0. The molecule has 0 spiro atoms. The molecule has 0 aromatic carbocycles. The Kier molecular flexibility index (Phi) is 5.09. The van der Waals surface area contributed by atoms with Crippen molar-refractivity contribution in [1.82, 2.24) is 15.2 Å². The molecule has 1 aliphatic carbocycles. The predicted octanol–water partition coefficient (Wildman–Crippen LogP) is 1.98. The molecule has 0 amide bonds. The zero-order valence-corrected chi connectivity index (χ0v) is 13.2. The molecule has 1 saturated carbocycles. The largest absolute Gasteiger partial charge is 0.354 e. The summed E-state index contributed by atoms with van der Waals surface area (Å²) in [4.78, 5) is 9.50. The van der Waals surface area contributed by atoms with Crippen molar-refractivity contribution in [3.05, 3.63) is 24.4 Å². The van der Waals surface area contributed by atoms with E-state index in [1.165, 1.54) is 25.8 Å². The SMILES string of the molecule is CCCNC(CN1CCN(c2ccccn2)CC1)C1CC1. The van der Waals surface area contributed by atoms with Gasteiger partial charge in [0.1, 0.15) is 5.82 Å². The molecule has 2 aliphatic rings. The molecule has 116 valence electrons. The van der Waals surface area contributed by atoms with Gasteiger partial charge in [0, 0.05) is 45.0 Å². The van der Waals surface area contributed by atoms with Crippen LogP contribution in [0.5, 0.6) is 0 Å². The van der Waals surface area contributed by atoms with Gasteiger partial charge in [0.25, 0.3) is 0 Å². The van der Waals surface area contributed by atoms with Gasteiger partial charge in [-0.15, -0.1) is 0 Å². The summed E-state index contributed by atoms with van der Waals surface area (Å²) in [5.41, 5.74) is 0. The first kappa shape index (κ1) is 14.8. The number of nitrogens with zero attached hydrogens (tertiary/aromatic N) is 3. The topological polar surface area (TPSA) is 31.4 Å². The maximum absolute atomic E-state index is 4.46. The van der Waals surface area contributed by atoms with Gasteiger partial charge in [0.2, 0.25) is 0 Å². The number of rotatable bonds is 7. The van der Waals surface area contributed by atoms with Crippen LogP contribution in [-0.2, 0) is 0 Å². The second-order valence-corrected chi connectivity index (χ2v) is 6.37. The Morgan fingerprint density at radius 1 is 1.24 bits per heavy atom. The van der Waals surface area contributed by atoms with Crippen molar-refractivity contribution in [2.24, 2.45) is 5.92 Å². The van der Waals surface area contributed by atoms with E-state index in [9.17, 15) is 0 Å². The third-order valence-electron chi connectivity index (χ3n) is 4.65. The van der Waals surface area contributed by atoms with Crippen LogP contribution < -0.4 is 10.2 Å². The van der Waals surface area contributed by atoms with Crippen molar-refractivity contribution in [2.45, 2.75) is 32.2 Å². The Labute approximate surface area is 128 Å². The highest BCUT2D eigenvalue weighted by molar-refractivity contribution is 5.38. The van der Waals surface area contributed by atoms with Crippen molar-refractivity contribution in [1.29, 1.82) is 0 Å². The Morgan fingerprint density at radius 2 is 2.05 bits per heavy atom. The van der Waals surface area contributed by atoms with Crippen LogP contribution in [0.15, 0.2) is 24.4 Å². The minimum Gasteiger partial charge on any atom is -0.354 e. The first-order valence-corrected chi connectivity index (χ1v) is 8.48. The minimum absolute atomic E-state index is 0.714. The lowest BCUT2D eigenvalue weighted by Gasteiger charge is -2.37. The second-order valence-electron chi connectivity index (χ2n) is 6.37. The van der Waals surface area contributed by atoms with Crippen LogP contribution >= 0.6 is 0 Å². The maximum atomic E-state index is 4.46. The van der Waals surface area contributed by atoms with E-state index < -0.39 is 0 Å². The van der Waals surface area contributed by atoms with E-state index >= 15 is 0 Å². The fraction of sp³-hybridized carbons (Fsp3) is 0.706. The highest BCUT2D eigenvalue weighted by Gasteiger charge is 2.32. The zero-order valence-electron chi connectivity index (χ0n) is 13.2. The molecule has 0 bridgehead atoms. The molecule has 4 nitrogen and oxygen atoms in total. The van der Waals surface area contributed by atoms with Gasteiger partial charge >= 0.3 is 0 Å². The number of hydrogen-bond donors (Lipinski definition) is 1. The summed E-state index contributed by atoms with van der Waals surface area (Å²) in [6.07, 6.45) is 5.97. The third kappa shape index (κ3) is 4.17. The third-order valence-corrected chi connectivity index (χ3v) is 4.65. The summed E-state index contributed by atoms with van der Waals surface area (Å²) in [5.74, 6) is 2.06. The number of anilines is 1. The van der Waals surface area contributed by atoms with E-state index in [4.69, 9.17) is 0 Å². The van der Waals surface area contributed by atoms with Gasteiger partial charge in [0.15, 0.2) is 0 Å². The fourth-order valence-corrected chi connectivity index (χ4v) is 3.19. The highest BCUT2D eigenvalue weighted by atomic mass is 15.3. The number of piperazine rings is 1. The minimum atomic E-state index is 0.714. The normalized spacial score (nSPS) is 21.5. The molecule has 1 N–H and O–H groups in total. The summed E-state index contributed by atoms with van der Waals surface area (Å²) >= 11 is 0. The van der Waals surface area contributed by atoms with Crippen LogP contribution in [0.3, 0.4) is 0 Å². The van der Waals surface area contributed by atoms with E-state index in [0.717, 1.165) is 44.5 Å². The van der Waals surface area contributed by atoms with Crippen LogP contribution in [0.4, 0.5) is 5.82 Å². The highest BCUT2D eigenvalue weighted by Crippen LogP contribution is 2.33. The average molecular weight is 288 g/mol. The van der Waals surface area contributed by atoms with Crippen molar-refractivity contribution in [3.63, 3.8) is 0 Å². The van der Waals surface area contributed by atoms with Crippen LogP contribution in [0.2, 0.25) is 0 Å². The van der Waals surface area contributed by atoms with Gasteiger partial charge in [-0.1, -0.05) is 13.0 Å². The molecule has 1 aromatic heterocycles. The van der Waals surface area contributed by atoms with Gasteiger partial charge in [-0.3, -0.25) is 4.90 Å². The Hall–Kier alpha value is -1.13. The predicted molar refractivity (Wildman–Crippen MR) is 87.7 cm³/mol. The van der Waals surface area contributed by atoms with E-state index in [2.05, 4.69) is 39.2 Å². The van der Waals surface area contributed by atoms with Gasteiger partial charge in [-0.05, 0) is 43.9 Å². The Morgan fingerprint density at radius 3 is 2.67 bits per heavy atom. The molecule has 3 rings (SSSR count). The molecule has 0 radical (unpaired) electrons. The van der Waals surface area contributed by atoms with E-state index in [1.807, 2.05) is 12.3 Å². The van der Waals surface area contributed by atoms with Crippen molar-refractivity contribution in [2.75, 3.05) is 44.2 Å². The summed E-state index contributed by atoms with van der Waals surface area (Å²) in [6.45, 7) is 9.16. The lowest BCUT2D eigenvalue weighted by Crippen LogP contribution is -2.51. The molecule has 2 fully saturated rings.